The molecule has 0 radical (unpaired) electrons. The van der Waals surface area contributed by atoms with Gasteiger partial charge >= 0.3 is 0 Å². The highest BCUT2D eigenvalue weighted by atomic mass is 32.2. The summed E-state index contributed by atoms with van der Waals surface area (Å²) >= 11 is 0. The molecule has 6 heteroatoms. The predicted molar refractivity (Wildman–Crippen MR) is 111 cm³/mol. The van der Waals surface area contributed by atoms with Crippen LogP contribution in [0, 0.1) is 6.92 Å². The molecule has 1 fully saturated rings. The van der Waals surface area contributed by atoms with Crippen LogP contribution in [0.15, 0.2) is 59.5 Å². The van der Waals surface area contributed by atoms with Gasteiger partial charge in [0.1, 0.15) is 0 Å². The Bertz CT molecular complexity index is 895. The van der Waals surface area contributed by atoms with Crippen molar-refractivity contribution in [3.05, 3.63) is 65.7 Å². The number of rotatable bonds is 7. The summed E-state index contributed by atoms with van der Waals surface area (Å²) in [5.74, 6) is -0.367. The Kier molecular flexibility index (Phi) is 6.52. The standard InChI is InChI=1S/C22H28N2O3S/c1-17-8-10-21(11-9-17)28(26,27)15-13-22(25)23-20-12-14-24(16-20)18(2)19-6-4-3-5-7-19/h3-11,18,20H,12-16H2,1-2H3,(H,23,25). The maximum atomic E-state index is 12.4. The van der Waals surface area contributed by atoms with Gasteiger partial charge in [-0.15, -0.1) is 0 Å². The molecule has 1 N–H and O–H groups in total. The van der Waals surface area contributed by atoms with Gasteiger partial charge in [-0.25, -0.2) is 8.42 Å². The molecule has 1 amide bonds. The fraction of sp³-hybridized carbons (Fsp3) is 0.409. The molecule has 1 saturated heterocycles. The van der Waals surface area contributed by atoms with E-state index < -0.39 is 9.84 Å². The van der Waals surface area contributed by atoms with E-state index in [9.17, 15) is 13.2 Å². The van der Waals surface area contributed by atoms with Crippen molar-refractivity contribution >= 4 is 15.7 Å². The van der Waals surface area contributed by atoms with Crippen LogP contribution >= 0.6 is 0 Å². The van der Waals surface area contributed by atoms with Crippen LogP contribution in [-0.2, 0) is 14.6 Å². The van der Waals surface area contributed by atoms with E-state index >= 15 is 0 Å². The molecule has 0 aromatic heterocycles. The number of nitrogens with one attached hydrogen (secondary N) is 1. The van der Waals surface area contributed by atoms with Gasteiger partial charge in [0.05, 0.1) is 10.6 Å². The molecule has 5 nitrogen and oxygen atoms in total. The molecule has 0 spiro atoms. The number of sulfone groups is 1. The fourth-order valence-electron chi connectivity index (χ4n) is 3.59. The lowest BCUT2D eigenvalue weighted by molar-refractivity contribution is -0.121. The number of benzene rings is 2. The smallest absolute Gasteiger partial charge is 0.221 e. The van der Waals surface area contributed by atoms with Crippen LogP contribution < -0.4 is 5.32 Å². The Morgan fingerprint density at radius 1 is 1.14 bits per heavy atom. The Morgan fingerprint density at radius 3 is 2.50 bits per heavy atom. The SMILES string of the molecule is Cc1ccc(S(=O)(=O)CCC(=O)NC2CCN(C(C)c3ccccc3)C2)cc1. The van der Waals surface area contributed by atoms with Gasteiger partial charge in [-0.1, -0.05) is 48.0 Å². The fourth-order valence-corrected chi connectivity index (χ4v) is 4.83. The van der Waals surface area contributed by atoms with Gasteiger partial charge in [0.15, 0.2) is 9.84 Å². The van der Waals surface area contributed by atoms with Crippen LogP contribution in [0.2, 0.25) is 0 Å². The summed E-state index contributed by atoms with van der Waals surface area (Å²) in [5, 5.41) is 3.00. The zero-order valence-electron chi connectivity index (χ0n) is 16.5. The topological polar surface area (TPSA) is 66.5 Å². The number of carbonyl (C=O) groups is 1. The van der Waals surface area contributed by atoms with E-state index in [1.165, 1.54) is 5.56 Å². The molecule has 0 bridgehead atoms. The van der Waals surface area contributed by atoms with Crippen molar-refractivity contribution in [3.8, 4) is 0 Å². The number of hydrogen-bond acceptors (Lipinski definition) is 4. The van der Waals surface area contributed by atoms with E-state index in [2.05, 4.69) is 29.3 Å². The first-order valence-corrected chi connectivity index (χ1v) is 11.4. The minimum atomic E-state index is -3.44. The van der Waals surface area contributed by atoms with Crippen LogP contribution in [0.4, 0.5) is 0 Å². The number of hydrogen-bond donors (Lipinski definition) is 1. The van der Waals surface area contributed by atoms with E-state index in [0.717, 1.165) is 25.1 Å². The van der Waals surface area contributed by atoms with Crippen molar-refractivity contribution in [1.82, 2.24) is 10.2 Å². The third-order valence-electron chi connectivity index (χ3n) is 5.39. The van der Waals surface area contributed by atoms with Gasteiger partial charge in [0.25, 0.3) is 0 Å². The lowest BCUT2D eigenvalue weighted by atomic mass is 10.1. The average Bonchev–Trinajstić information content (AvgIpc) is 3.15. The highest BCUT2D eigenvalue weighted by Crippen LogP contribution is 2.24. The van der Waals surface area contributed by atoms with Gasteiger partial charge in [-0.05, 0) is 38.0 Å². The highest BCUT2D eigenvalue weighted by molar-refractivity contribution is 7.91. The largest absolute Gasteiger partial charge is 0.352 e. The summed E-state index contributed by atoms with van der Waals surface area (Å²) in [5.41, 5.74) is 2.27. The molecule has 2 aromatic carbocycles. The van der Waals surface area contributed by atoms with Gasteiger partial charge < -0.3 is 5.32 Å². The third-order valence-corrected chi connectivity index (χ3v) is 7.12. The highest BCUT2D eigenvalue weighted by Gasteiger charge is 2.28. The third kappa shape index (κ3) is 5.20. The first kappa shape index (κ1) is 20.6. The van der Waals surface area contributed by atoms with Crippen LogP contribution in [0.1, 0.15) is 36.9 Å². The average molecular weight is 401 g/mol. The summed E-state index contributed by atoms with van der Waals surface area (Å²) in [6, 6.07) is 17.4. The summed E-state index contributed by atoms with van der Waals surface area (Å²) in [6.07, 6.45) is 0.870. The molecular formula is C22H28N2O3S. The number of likely N-dealkylation sites (tertiary alicyclic amines) is 1. The first-order chi connectivity index (χ1) is 13.3. The Morgan fingerprint density at radius 2 is 1.82 bits per heavy atom. The van der Waals surface area contributed by atoms with E-state index in [0.29, 0.717) is 6.04 Å². The van der Waals surface area contributed by atoms with Crippen molar-refractivity contribution in [3.63, 3.8) is 0 Å². The zero-order valence-corrected chi connectivity index (χ0v) is 17.3. The number of amides is 1. The lowest BCUT2D eigenvalue weighted by Crippen LogP contribution is -2.38. The number of carbonyl (C=O) groups excluding carboxylic acids is 1. The second-order valence-electron chi connectivity index (χ2n) is 7.52. The molecule has 150 valence electrons. The van der Waals surface area contributed by atoms with Crippen molar-refractivity contribution in [2.75, 3.05) is 18.8 Å². The predicted octanol–water partition coefficient (Wildman–Crippen LogP) is 3.11. The van der Waals surface area contributed by atoms with Gasteiger partial charge in [-0.2, -0.15) is 0 Å². The molecular weight excluding hydrogens is 372 g/mol. The summed E-state index contributed by atoms with van der Waals surface area (Å²) in [6.45, 7) is 5.79. The van der Waals surface area contributed by atoms with Crippen LogP contribution in [0.3, 0.4) is 0 Å². The monoisotopic (exact) mass is 400 g/mol. The molecule has 2 aromatic rings. The summed E-state index contributed by atoms with van der Waals surface area (Å²) in [7, 11) is -3.44. The molecule has 1 aliphatic heterocycles. The molecule has 28 heavy (non-hydrogen) atoms. The van der Waals surface area contributed by atoms with E-state index in [1.807, 2.05) is 25.1 Å². The molecule has 3 rings (SSSR count). The van der Waals surface area contributed by atoms with Crippen molar-refractivity contribution in [1.29, 1.82) is 0 Å². The molecule has 1 aliphatic rings. The summed E-state index contributed by atoms with van der Waals surface area (Å²) < 4.78 is 24.8. The van der Waals surface area contributed by atoms with Crippen molar-refractivity contribution < 1.29 is 13.2 Å². The Balaban J connectivity index is 1.48. The molecule has 0 saturated carbocycles. The van der Waals surface area contributed by atoms with Crippen LogP contribution in [0.5, 0.6) is 0 Å². The Hall–Kier alpha value is -2.18. The zero-order chi connectivity index (χ0) is 20.1. The van der Waals surface area contributed by atoms with Crippen LogP contribution in [0.25, 0.3) is 0 Å². The molecule has 2 unspecified atom stereocenters. The second-order valence-corrected chi connectivity index (χ2v) is 9.63. The van der Waals surface area contributed by atoms with E-state index in [-0.39, 0.29) is 29.0 Å². The molecule has 0 aliphatic carbocycles. The quantitative estimate of drug-likeness (QED) is 0.776. The van der Waals surface area contributed by atoms with Crippen molar-refractivity contribution in [2.45, 2.75) is 43.7 Å². The normalized spacial score (nSPS) is 18.7. The minimum Gasteiger partial charge on any atom is -0.352 e. The lowest BCUT2D eigenvalue weighted by Gasteiger charge is -2.24. The van der Waals surface area contributed by atoms with Gasteiger partial charge in [-0.3, -0.25) is 9.69 Å². The van der Waals surface area contributed by atoms with E-state index in [4.69, 9.17) is 0 Å². The van der Waals surface area contributed by atoms with Crippen molar-refractivity contribution in [2.24, 2.45) is 0 Å². The minimum absolute atomic E-state index is 0.0129. The number of aryl methyl sites for hydroxylation is 1. The number of nitrogens with zero attached hydrogens (tertiary/aromatic N) is 1. The molecule has 2 atom stereocenters. The van der Waals surface area contributed by atoms with Gasteiger partial charge in [0, 0.05) is 31.6 Å². The maximum Gasteiger partial charge on any atom is 0.221 e. The summed E-state index contributed by atoms with van der Waals surface area (Å²) in [4.78, 5) is 14.9. The second kappa shape index (κ2) is 8.88. The molecule has 1 heterocycles. The Labute approximate surface area is 167 Å². The van der Waals surface area contributed by atoms with Crippen LogP contribution in [-0.4, -0.2) is 44.1 Å². The maximum absolute atomic E-state index is 12.4. The van der Waals surface area contributed by atoms with E-state index in [1.54, 1.807) is 24.3 Å². The first-order valence-electron chi connectivity index (χ1n) is 9.73. The van der Waals surface area contributed by atoms with Gasteiger partial charge in [0.2, 0.25) is 5.91 Å².